The number of oxazole rings is 1. The lowest BCUT2D eigenvalue weighted by atomic mass is 10.2. The van der Waals surface area contributed by atoms with Crippen LogP contribution in [0.2, 0.25) is 5.02 Å². The van der Waals surface area contributed by atoms with E-state index in [4.69, 9.17) is 20.8 Å². The summed E-state index contributed by atoms with van der Waals surface area (Å²) >= 11 is 6.01. The Kier molecular flexibility index (Phi) is 4.82. The van der Waals surface area contributed by atoms with Crippen LogP contribution < -0.4 is 10.9 Å². The highest BCUT2D eigenvalue weighted by Gasteiger charge is 2.22. The van der Waals surface area contributed by atoms with Crippen LogP contribution in [-0.2, 0) is 4.74 Å². The Labute approximate surface area is 169 Å². The maximum absolute atomic E-state index is 13.1. The number of nitrogens with one attached hydrogen (secondary N) is 1. The highest BCUT2D eigenvalue weighted by molar-refractivity contribution is 6.31. The average Bonchev–Trinajstić information content (AvgIpc) is 3.09. The summed E-state index contributed by atoms with van der Waals surface area (Å²) in [4.78, 5) is 38.1. The van der Waals surface area contributed by atoms with Crippen molar-refractivity contribution in [3.05, 3.63) is 81.1 Å². The molecule has 29 heavy (non-hydrogen) atoms. The van der Waals surface area contributed by atoms with Gasteiger partial charge in [-0.3, -0.25) is 9.59 Å². The summed E-state index contributed by atoms with van der Waals surface area (Å²) in [6, 6.07) is 14.4. The van der Waals surface area contributed by atoms with Crippen molar-refractivity contribution in [2.24, 2.45) is 0 Å². The average molecular weight is 411 g/mol. The maximum atomic E-state index is 13.1. The highest BCUT2D eigenvalue weighted by atomic mass is 35.5. The number of carbonyl (C=O) groups is 2. The van der Waals surface area contributed by atoms with Gasteiger partial charge in [-0.05, 0) is 37.3 Å². The van der Waals surface area contributed by atoms with Crippen molar-refractivity contribution in [3.8, 4) is 0 Å². The van der Waals surface area contributed by atoms with Crippen LogP contribution in [-0.4, -0.2) is 22.9 Å². The topological polar surface area (TPSA) is 90.0 Å². The molecule has 0 atom stereocenters. The van der Waals surface area contributed by atoms with Gasteiger partial charge in [0.25, 0.3) is 11.5 Å². The molecule has 7 nitrogen and oxygen atoms in total. The number of nitrogens with zero attached hydrogens (tertiary/aromatic N) is 1. The fraction of sp³-hybridized carbons (Fsp3) is 0.0952. The minimum absolute atomic E-state index is 0.0159. The molecule has 1 amide bonds. The van der Waals surface area contributed by atoms with Crippen LogP contribution in [0.15, 0.2) is 63.8 Å². The minimum Gasteiger partial charge on any atom is -0.462 e. The molecule has 8 heteroatoms. The molecule has 146 valence electrons. The van der Waals surface area contributed by atoms with Crippen molar-refractivity contribution < 1.29 is 18.7 Å². The van der Waals surface area contributed by atoms with Crippen LogP contribution in [0.1, 0.15) is 27.6 Å². The highest BCUT2D eigenvalue weighted by Crippen LogP contribution is 2.26. The number of hydrogen-bond acceptors (Lipinski definition) is 5. The van der Waals surface area contributed by atoms with Gasteiger partial charge in [-0.1, -0.05) is 29.8 Å². The number of pyridine rings is 1. The van der Waals surface area contributed by atoms with Crippen LogP contribution in [0.25, 0.3) is 16.8 Å². The zero-order valence-corrected chi connectivity index (χ0v) is 16.0. The summed E-state index contributed by atoms with van der Waals surface area (Å²) in [6.45, 7) is 1.81. The fourth-order valence-corrected chi connectivity index (χ4v) is 3.17. The molecule has 0 saturated carbocycles. The third-order valence-electron chi connectivity index (χ3n) is 4.30. The number of halogens is 1. The smallest absolute Gasteiger partial charge is 0.343 e. The van der Waals surface area contributed by atoms with Crippen molar-refractivity contribution in [1.82, 2.24) is 4.40 Å². The maximum Gasteiger partial charge on any atom is 0.343 e. The van der Waals surface area contributed by atoms with Crippen molar-refractivity contribution in [2.45, 2.75) is 6.92 Å². The SMILES string of the molecule is CCOC(=O)c1cc(NC(=O)c2ccccc2)c(=O)n2c1oc1cc(Cl)ccc12. The number of fused-ring (bicyclic) bond motifs is 3. The molecule has 0 spiro atoms. The van der Waals surface area contributed by atoms with E-state index in [2.05, 4.69) is 5.32 Å². The normalized spacial score (nSPS) is 11.0. The number of hydrogen-bond donors (Lipinski definition) is 1. The molecule has 4 aromatic rings. The molecule has 4 rings (SSSR count). The number of benzene rings is 2. The quantitative estimate of drug-likeness (QED) is 0.511. The van der Waals surface area contributed by atoms with Gasteiger partial charge in [0.1, 0.15) is 11.3 Å². The predicted molar refractivity (Wildman–Crippen MR) is 109 cm³/mol. The predicted octanol–water partition coefficient (Wildman–Crippen LogP) is 4.13. The van der Waals surface area contributed by atoms with E-state index >= 15 is 0 Å². The van der Waals surface area contributed by atoms with Crippen molar-refractivity contribution in [3.63, 3.8) is 0 Å². The van der Waals surface area contributed by atoms with Crippen molar-refractivity contribution in [2.75, 3.05) is 11.9 Å². The molecule has 0 aliphatic rings. The first-order chi connectivity index (χ1) is 14.0. The van der Waals surface area contributed by atoms with Gasteiger partial charge in [-0.15, -0.1) is 0 Å². The zero-order chi connectivity index (χ0) is 20.5. The first-order valence-corrected chi connectivity index (χ1v) is 9.18. The van der Waals surface area contributed by atoms with E-state index in [1.54, 1.807) is 55.5 Å². The number of rotatable bonds is 4. The zero-order valence-electron chi connectivity index (χ0n) is 15.3. The lowest BCUT2D eigenvalue weighted by Crippen LogP contribution is -2.24. The van der Waals surface area contributed by atoms with Gasteiger partial charge in [0, 0.05) is 16.7 Å². The van der Waals surface area contributed by atoms with Gasteiger partial charge in [-0.25, -0.2) is 9.20 Å². The molecule has 1 N–H and O–H groups in total. The van der Waals surface area contributed by atoms with Crippen LogP contribution in [0, 0.1) is 0 Å². The minimum atomic E-state index is -0.676. The standard InChI is InChI=1S/C21H15ClN2O5/c1-2-28-21(27)14-11-15(23-18(25)12-6-4-3-5-7-12)19(26)24-16-9-8-13(22)10-17(16)29-20(14)24/h3-11H,2H2,1H3,(H,23,25). The number of carbonyl (C=O) groups excluding carboxylic acids is 2. The summed E-state index contributed by atoms with van der Waals surface area (Å²) in [5.41, 5.74) is 0.530. The molecular weight excluding hydrogens is 396 g/mol. The lowest BCUT2D eigenvalue weighted by molar-refractivity contribution is 0.0526. The summed E-state index contributed by atoms with van der Waals surface area (Å²) in [6.07, 6.45) is 0. The van der Waals surface area contributed by atoms with E-state index in [9.17, 15) is 14.4 Å². The number of esters is 1. The van der Waals surface area contributed by atoms with E-state index in [0.29, 0.717) is 21.7 Å². The third-order valence-corrected chi connectivity index (χ3v) is 4.54. The monoisotopic (exact) mass is 410 g/mol. The second-order valence-electron chi connectivity index (χ2n) is 6.17. The second-order valence-corrected chi connectivity index (χ2v) is 6.61. The Morgan fingerprint density at radius 2 is 1.90 bits per heavy atom. The molecule has 0 saturated heterocycles. The Morgan fingerprint density at radius 3 is 2.62 bits per heavy atom. The summed E-state index contributed by atoms with van der Waals surface area (Å²) in [5, 5.41) is 2.99. The van der Waals surface area contributed by atoms with Crippen molar-refractivity contribution in [1.29, 1.82) is 0 Å². The molecule has 0 radical (unpaired) electrons. The van der Waals surface area contributed by atoms with Crippen molar-refractivity contribution >= 4 is 46.0 Å². The molecular formula is C21H15ClN2O5. The summed E-state index contributed by atoms with van der Waals surface area (Å²) < 4.78 is 12.0. The molecule has 0 fully saturated rings. The Bertz CT molecular complexity index is 1310. The largest absolute Gasteiger partial charge is 0.462 e. The van der Waals surface area contributed by atoms with E-state index < -0.39 is 17.4 Å². The van der Waals surface area contributed by atoms with E-state index in [0.717, 1.165) is 0 Å². The molecule has 0 aliphatic carbocycles. The number of aromatic nitrogens is 1. The number of ether oxygens (including phenoxy) is 1. The van der Waals surface area contributed by atoms with Crippen LogP contribution in [0.3, 0.4) is 0 Å². The Balaban J connectivity index is 1.94. The van der Waals surface area contributed by atoms with Gasteiger partial charge in [-0.2, -0.15) is 0 Å². The van der Waals surface area contributed by atoms with Gasteiger partial charge in [0.2, 0.25) is 5.71 Å². The van der Waals surface area contributed by atoms with E-state index in [-0.39, 0.29) is 23.6 Å². The fourth-order valence-electron chi connectivity index (χ4n) is 3.01. The van der Waals surface area contributed by atoms with Crippen LogP contribution >= 0.6 is 11.6 Å². The van der Waals surface area contributed by atoms with Crippen LogP contribution in [0.5, 0.6) is 0 Å². The molecule has 0 aliphatic heterocycles. The second kappa shape index (κ2) is 7.44. The van der Waals surface area contributed by atoms with Gasteiger partial charge >= 0.3 is 5.97 Å². The van der Waals surface area contributed by atoms with Gasteiger partial charge < -0.3 is 14.5 Å². The molecule has 2 aromatic heterocycles. The first-order valence-electron chi connectivity index (χ1n) is 8.81. The number of amides is 1. The Morgan fingerprint density at radius 1 is 1.14 bits per heavy atom. The number of anilines is 1. The Hall–Kier alpha value is -3.58. The third kappa shape index (κ3) is 3.36. The summed E-state index contributed by atoms with van der Waals surface area (Å²) in [7, 11) is 0. The van der Waals surface area contributed by atoms with E-state index in [1.807, 2.05) is 0 Å². The molecule has 0 unspecified atom stereocenters. The van der Waals surface area contributed by atoms with Gasteiger partial charge in [0.15, 0.2) is 5.58 Å². The van der Waals surface area contributed by atoms with Gasteiger partial charge in [0.05, 0.1) is 12.1 Å². The molecule has 2 heterocycles. The summed E-state index contributed by atoms with van der Waals surface area (Å²) in [5.74, 6) is -1.15. The molecule has 2 aromatic carbocycles. The molecule has 0 bridgehead atoms. The lowest BCUT2D eigenvalue weighted by Gasteiger charge is -2.08. The first kappa shape index (κ1) is 18.8. The van der Waals surface area contributed by atoms with E-state index in [1.165, 1.54) is 10.5 Å². The van der Waals surface area contributed by atoms with Crippen LogP contribution in [0.4, 0.5) is 5.69 Å².